The highest BCUT2D eigenvalue weighted by Crippen LogP contribution is 2.25. The van der Waals surface area contributed by atoms with Crippen molar-refractivity contribution in [2.45, 2.75) is 25.8 Å². The number of carbonyl (C=O) groups is 1. The summed E-state index contributed by atoms with van der Waals surface area (Å²) in [7, 11) is 0. The molecule has 0 aromatic heterocycles. The van der Waals surface area contributed by atoms with Crippen LogP contribution in [0.5, 0.6) is 0 Å². The molecule has 1 saturated heterocycles. The van der Waals surface area contributed by atoms with E-state index in [1.165, 1.54) is 18.5 Å². The first-order valence-corrected chi connectivity index (χ1v) is 7.60. The molecule has 2 aliphatic rings. The minimum atomic E-state index is -0.101. The molecule has 20 heavy (non-hydrogen) atoms. The summed E-state index contributed by atoms with van der Waals surface area (Å²) >= 11 is 0. The number of hydrogen-bond donors (Lipinski definition) is 2. The lowest BCUT2D eigenvalue weighted by molar-refractivity contribution is -0.121. The Morgan fingerprint density at radius 3 is 3.05 bits per heavy atom. The molecule has 0 bridgehead atoms. The summed E-state index contributed by atoms with van der Waals surface area (Å²) in [6, 6.07) is 8.06. The number of rotatable bonds is 4. The summed E-state index contributed by atoms with van der Waals surface area (Å²) in [4.78, 5) is 14.7. The van der Waals surface area contributed by atoms with Gasteiger partial charge in [0.15, 0.2) is 0 Å². The van der Waals surface area contributed by atoms with Crippen LogP contribution in [0.25, 0.3) is 0 Å². The molecule has 1 amide bonds. The number of fused-ring (bicyclic) bond motifs is 1. The van der Waals surface area contributed by atoms with Crippen molar-refractivity contribution in [2.24, 2.45) is 5.92 Å². The van der Waals surface area contributed by atoms with Gasteiger partial charge in [-0.1, -0.05) is 25.1 Å². The van der Waals surface area contributed by atoms with E-state index in [-0.39, 0.29) is 11.9 Å². The Bertz CT molecular complexity index is 463. The standard InChI is InChI=1S/C16H23N3O/c1-2-19-8-7-12(11-19)10-17-16(20)15-9-13-5-3-4-6-14(13)18-15/h3-6,12,15,18H,2,7-11H2,1H3,(H,17,20)/t12?,15-/m0/s1. The minimum Gasteiger partial charge on any atom is -0.373 e. The maximum absolute atomic E-state index is 12.2. The maximum Gasteiger partial charge on any atom is 0.242 e. The molecular weight excluding hydrogens is 250 g/mol. The van der Waals surface area contributed by atoms with Crippen molar-refractivity contribution in [3.8, 4) is 0 Å². The molecule has 2 atom stereocenters. The second-order valence-electron chi connectivity index (χ2n) is 5.85. The molecule has 0 aliphatic carbocycles. The van der Waals surface area contributed by atoms with Crippen molar-refractivity contribution in [3.63, 3.8) is 0 Å². The van der Waals surface area contributed by atoms with Crippen molar-refractivity contribution in [1.29, 1.82) is 0 Å². The highest BCUT2D eigenvalue weighted by atomic mass is 16.2. The molecule has 1 aromatic carbocycles. The molecule has 108 valence electrons. The van der Waals surface area contributed by atoms with Gasteiger partial charge in [-0.05, 0) is 37.1 Å². The Balaban J connectivity index is 1.47. The first-order chi connectivity index (χ1) is 9.76. The van der Waals surface area contributed by atoms with Crippen molar-refractivity contribution < 1.29 is 4.79 Å². The lowest BCUT2D eigenvalue weighted by atomic mass is 10.1. The molecule has 3 rings (SSSR count). The third-order valence-corrected chi connectivity index (χ3v) is 4.47. The molecule has 4 nitrogen and oxygen atoms in total. The van der Waals surface area contributed by atoms with Gasteiger partial charge in [-0.2, -0.15) is 0 Å². The van der Waals surface area contributed by atoms with E-state index in [1.807, 2.05) is 18.2 Å². The molecule has 4 heteroatoms. The smallest absolute Gasteiger partial charge is 0.242 e. The van der Waals surface area contributed by atoms with Gasteiger partial charge in [0.05, 0.1) is 0 Å². The third kappa shape index (κ3) is 2.80. The van der Waals surface area contributed by atoms with Crippen LogP contribution in [-0.4, -0.2) is 43.0 Å². The van der Waals surface area contributed by atoms with Gasteiger partial charge in [0.2, 0.25) is 5.91 Å². The Labute approximate surface area is 120 Å². The molecule has 2 heterocycles. The SMILES string of the molecule is CCN1CCC(CNC(=O)[C@@H]2Cc3ccccc3N2)C1. The number of hydrogen-bond acceptors (Lipinski definition) is 3. The second-order valence-corrected chi connectivity index (χ2v) is 5.85. The third-order valence-electron chi connectivity index (χ3n) is 4.47. The fourth-order valence-electron chi connectivity index (χ4n) is 3.19. The minimum absolute atomic E-state index is 0.101. The van der Waals surface area contributed by atoms with E-state index in [0.717, 1.165) is 31.7 Å². The van der Waals surface area contributed by atoms with Crippen LogP contribution in [0.1, 0.15) is 18.9 Å². The van der Waals surface area contributed by atoms with Crippen LogP contribution >= 0.6 is 0 Å². The molecule has 1 aromatic rings. The van der Waals surface area contributed by atoms with Gasteiger partial charge >= 0.3 is 0 Å². The Morgan fingerprint density at radius 2 is 2.30 bits per heavy atom. The molecule has 0 radical (unpaired) electrons. The Morgan fingerprint density at radius 1 is 1.45 bits per heavy atom. The molecule has 0 spiro atoms. The van der Waals surface area contributed by atoms with E-state index < -0.39 is 0 Å². The summed E-state index contributed by atoms with van der Waals surface area (Å²) in [5.41, 5.74) is 2.34. The first kappa shape index (κ1) is 13.4. The Hall–Kier alpha value is -1.55. The van der Waals surface area contributed by atoms with Crippen molar-refractivity contribution in [2.75, 3.05) is 31.5 Å². The number of nitrogens with one attached hydrogen (secondary N) is 2. The average molecular weight is 273 g/mol. The quantitative estimate of drug-likeness (QED) is 0.873. The first-order valence-electron chi connectivity index (χ1n) is 7.60. The highest BCUT2D eigenvalue weighted by molar-refractivity contribution is 5.87. The van der Waals surface area contributed by atoms with Gasteiger partial charge in [-0.3, -0.25) is 4.79 Å². The predicted molar refractivity (Wildman–Crippen MR) is 80.8 cm³/mol. The highest BCUT2D eigenvalue weighted by Gasteiger charge is 2.27. The number of nitrogens with zero attached hydrogens (tertiary/aromatic N) is 1. The van der Waals surface area contributed by atoms with Crippen molar-refractivity contribution in [1.82, 2.24) is 10.2 Å². The summed E-state index contributed by atoms with van der Waals surface area (Å²) < 4.78 is 0. The fraction of sp³-hybridized carbons (Fsp3) is 0.562. The van der Waals surface area contributed by atoms with Crippen LogP contribution in [0.15, 0.2) is 24.3 Å². The lowest BCUT2D eigenvalue weighted by Gasteiger charge is -2.16. The van der Waals surface area contributed by atoms with Crippen molar-refractivity contribution >= 4 is 11.6 Å². The number of amides is 1. The van der Waals surface area contributed by atoms with Gasteiger partial charge in [0.1, 0.15) is 6.04 Å². The topological polar surface area (TPSA) is 44.4 Å². The molecule has 2 N–H and O–H groups in total. The van der Waals surface area contributed by atoms with Crippen molar-refractivity contribution in [3.05, 3.63) is 29.8 Å². The summed E-state index contributed by atoms with van der Waals surface area (Å²) in [5, 5.41) is 6.43. The van der Waals surface area contributed by atoms with E-state index in [1.54, 1.807) is 0 Å². The van der Waals surface area contributed by atoms with Crippen LogP contribution in [-0.2, 0) is 11.2 Å². The maximum atomic E-state index is 12.2. The lowest BCUT2D eigenvalue weighted by Crippen LogP contribution is -2.41. The zero-order valence-electron chi connectivity index (χ0n) is 12.1. The number of carbonyl (C=O) groups excluding carboxylic acids is 1. The second kappa shape index (κ2) is 5.83. The number of anilines is 1. The molecular formula is C16H23N3O. The zero-order chi connectivity index (χ0) is 13.9. The van der Waals surface area contributed by atoms with Crippen LogP contribution in [0, 0.1) is 5.92 Å². The van der Waals surface area contributed by atoms with Gasteiger partial charge in [-0.15, -0.1) is 0 Å². The van der Waals surface area contributed by atoms with Gasteiger partial charge in [0, 0.05) is 25.2 Å². The number of likely N-dealkylation sites (tertiary alicyclic amines) is 1. The summed E-state index contributed by atoms with van der Waals surface area (Å²) in [6.07, 6.45) is 2.00. The molecule has 0 saturated carbocycles. The average Bonchev–Trinajstić information content (AvgIpc) is 3.10. The van der Waals surface area contributed by atoms with E-state index in [9.17, 15) is 4.79 Å². The largest absolute Gasteiger partial charge is 0.373 e. The molecule has 2 aliphatic heterocycles. The fourth-order valence-corrected chi connectivity index (χ4v) is 3.19. The number of para-hydroxylation sites is 1. The predicted octanol–water partition coefficient (Wildman–Crippen LogP) is 1.48. The normalized spacial score (nSPS) is 25.2. The van der Waals surface area contributed by atoms with Gasteiger partial charge < -0.3 is 15.5 Å². The van der Waals surface area contributed by atoms with E-state index >= 15 is 0 Å². The zero-order valence-corrected chi connectivity index (χ0v) is 12.1. The van der Waals surface area contributed by atoms with E-state index in [4.69, 9.17) is 0 Å². The van der Waals surface area contributed by atoms with Gasteiger partial charge in [0.25, 0.3) is 0 Å². The van der Waals surface area contributed by atoms with Crippen LogP contribution in [0.2, 0.25) is 0 Å². The van der Waals surface area contributed by atoms with Crippen LogP contribution in [0.4, 0.5) is 5.69 Å². The molecule has 1 unspecified atom stereocenters. The number of benzene rings is 1. The summed E-state index contributed by atoms with van der Waals surface area (Å²) in [5.74, 6) is 0.749. The van der Waals surface area contributed by atoms with E-state index in [0.29, 0.717) is 5.92 Å². The van der Waals surface area contributed by atoms with Gasteiger partial charge in [-0.25, -0.2) is 0 Å². The van der Waals surface area contributed by atoms with Crippen LogP contribution < -0.4 is 10.6 Å². The monoisotopic (exact) mass is 273 g/mol. The summed E-state index contributed by atoms with van der Waals surface area (Å²) in [6.45, 7) is 6.41. The molecule has 1 fully saturated rings. The Kier molecular flexibility index (Phi) is 3.92. The van der Waals surface area contributed by atoms with Crippen LogP contribution in [0.3, 0.4) is 0 Å². The van der Waals surface area contributed by atoms with E-state index in [2.05, 4.69) is 28.5 Å².